The van der Waals surface area contributed by atoms with Gasteiger partial charge in [0.2, 0.25) is 0 Å². The van der Waals surface area contributed by atoms with E-state index >= 15 is 0 Å². The molecule has 2 nitrogen and oxygen atoms in total. The first-order valence-electron chi connectivity index (χ1n) is 11.6. The van der Waals surface area contributed by atoms with E-state index in [2.05, 4.69) is 25.4 Å². The minimum absolute atomic E-state index is 0.0134. The predicted molar refractivity (Wildman–Crippen MR) is 146 cm³/mol. The summed E-state index contributed by atoms with van der Waals surface area (Å²) in [5, 5.41) is 1.40. The molecular weight excluding hydrogens is 425 g/mol. The van der Waals surface area contributed by atoms with Crippen LogP contribution in [0, 0.1) is 17.0 Å². The second kappa shape index (κ2) is 13.1. The lowest BCUT2D eigenvalue weighted by atomic mass is 9.80. The number of pyridine rings is 1. The van der Waals surface area contributed by atoms with Crippen molar-refractivity contribution in [3.05, 3.63) is 83.0 Å². The first kappa shape index (κ1) is 29.1. The van der Waals surface area contributed by atoms with Crippen molar-refractivity contribution < 1.29 is 8.78 Å². The summed E-state index contributed by atoms with van der Waals surface area (Å²) in [6.45, 7) is 18.1. The summed E-state index contributed by atoms with van der Waals surface area (Å²) in [7, 11) is 5.66. The topological polar surface area (TPSA) is 38.9 Å². The summed E-state index contributed by atoms with van der Waals surface area (Å²) in [6, 6.07) is 12.2. The molecule has 2 N–H and O–H groups in total. The van der Waals surface area contributed by atoms with Crippen LogP contribution in [-0.2, 0) is 6.42 Å². The van der Waals surface area contributed by atoms with Gasteiger partial charge in [0.15, 0.2) is 11.6 Å². The molecule has 0 aliphatic heterocycles. The van der Waals surface area contributed by atoms with E-state index in [1.54, 1.807) is 31.2 Å². The lowest BCUT2D eigenvalue weighted by Gasteiger charge is -2.24. The standard InChI is InChI=1S/C15H18BF.C11H11FN2.C3H8/c1-10(16)9-12-7-6-8-13(17)14(12)11(2)15(3,4)5;1-2-9-7-5-3-4-6-8(7)10(12)11(13)14-9;1-3-2/h6-9H,2H2,1,3-5H3;3-6H,2H2,1H3,(H2,13,14);3H2,1-2H3/b10-9+;;. The summed E-state index contributed by atoms with van der Waals surface area (Å²) >= 11 is 0. The Morgan fingerprint density at radius 1 is 1.03 bits per heavy atom. The van der Waals surface area contributed by atoms with Crippen LogP contribution >= 0.6 is 0 Å². The molecule has 0 amide bonds. The van der Waals surface area contributed by atoms with Gasteiger partial charge in [0, 0.05) is 16.3 Å². The van der Waals surface area contributed by atoms with Gasteiger partial charge in [-0.3, -0.25) is 0 Å². The number of anilines is 1. The summed E-state index contributed by atoms with van der Waals surface area (Å²) in [4.78, 5) is 4.02. The van der Waals surface area contributed by atoms with Crippen molar-refractivity contribution in [2.75, 3.05) is 5.73 Å². The Balaban J connectivity index is 0.000000308. The molecule has 180 valence electrons. The molecule has 0 atom stereocenters. The van der Waals surface area contributed by atoms with Gasteiger partial charge in [-0.2, -0.15) is 0 Å². The number of benzene rings is 2. The van der Waals surface area contributed by atoms with Crippen molar-refractivity contribution in [1.29, 1.82) is 0 Å². The number of nitrogens with two attached hydrogens (primary N) is 1. The highest BCUT2D eigenvalue weighted by Gasteiger charge is 2.21. The van der Waals surface area contributed by atoms with Crippen LogP contribution in [0.15, 0.2) is 54.5 Å². The van der Waals surface area contributed by atoms with Gasteiger partial charge in [0.25, 0.3) is 0 Å². The molecule has 0 saturated carbocycles. The quantitative estimate of drug-likeness (QED) is 0.397. The second-order valence-electron chi connectivity index (χ2n) is 9.18. The number of nitrogen functional groups attached to an aromatic ring is 1. The Morgan fingerprint density at radius 3 is 2.09 bits per heavy atom. The molecule has 0 bridgehead atoms. The fourth-order valence-corrected chi connectivity index (χ4v) is 3.19. The zero-order valence-corrected chi connectivity index (χ0v) is 21.6. The van der Waals surface area contributed by atoms with E-state index in [0.29, 0.717) is 16.4 Å². The largest absolute Gasteiger partial charge is 0.381 e. The number of aromatic nitrogens is 1. The molecule has 0 fully saturated rings. The Morgan fingerprint density at radius 2 is 1.59 bits per heavy atom. The molecule has 0 spiro atoms. The van der Waals surface area contributed by atoms with Gasteiger partial charge in [-0.1, -0.05) is 104 Å². The maximum atomic E-state index is 14.0. The molecule has 0 aliphatic carbocycles. The molecule has 5 heteroatoms. The maximum absolute atomic E-state index is 14.0. The number of rotatable bonds is 3. The van der Waals surface area contributed by atoms with Crippen molar-refractivity contribution in [2.24, 2.45) is 5.41 Å². The molecular formula is C29H37BF2N2. The van der Waals surface area contributed by atoms with E-state index in [-0.39, 0.29) is 17.1 Å². The normalized spacial score (nSPS) is 11.3. The first-order chi connectivity index (χ1) is 15.9. The van der Waals surface area contributed by atoms with Gasteiger partial charge in [-0.05, 0) is 29.0 Å². The zero-order valence-electron chi connectivity index (χ0n) is 21.6. The number of allylic oxidation sites excluding steroid dienone is 2. The first-order valence-corrected chi connectivity index (χ1v) is 11.6. The highest BCUT2D eigenvalue weighted by Crippen LogP contribution is 2.36. The number of nitrogens with zero attached hydrogens (tertiary/aromatic N) is 1. The third-order valence-electron chi connectivity index (χ3n) is 4.93. The van der Waals surface area contributed by atoms with Crippen LogP contribution < -0.4 is 5.73 Å². The van der Waals surface area contributed by atoms with Gasteiger partial charge in [-0.25, -0.2) is 13.8 Å². The Labute approximate surface area is 205 Å². The highest BCUT2D eigenvalue weighted by atomic mass is 19.1. The van der Waals surface area contributed by atoms with E-state index in [4.69, 9.17) is 13.6 Å². The van der Waals surface area contributed by atoms with Gasteiger partial charge in [-0.15, -0.1) is 5.47 Å². The van der Waals surface area contributed by atoms with Gasteiger partial charge in [0.1, 0.15) is 13.7 Å². The number of hydrogen-bond donors (Lipinski definition) is 1. The third-order valence-corrected chi connectivity index (χ3v) is 4.93. The highest BCUT2D eigenvalue weighted by molar-refractivity contribution is 6.23. The van der Waals surface area contributed by atoms with Crippen LogP contribution in [0.1, 0.15) is 71.7 Å². The predicted octanol–water partition coefficient (Wildman–Crippen LogP) is 8.35. The SMILES string of the molecule is CCC.CCc1nc(N)c(F)c2ccccc12.[B]/C(C)=C/c1cccc(F)c1C(=C)C(C)(C)C. The molecule has 0 unspecified atom stereocenters. The molecule has 2 aromatic carbocycles. The third kappa shape index (κ3) is 7.83. The van der Waals surface area contributed by atoms with Crippen molar-refractivity contribution in [3.8, 4) is 0 Å². The summed E-state index contributed by atoms with van der Waals surface area (Å²) in [5.74, 6) is -0.682. The zero-order chi connectivity index (χ0) is 26.1. The molecule has 3 aromatic rings. The van der Waals surface area contributed by atoms with Crippen LogP contribution in [0.3, 0.4) is 0 Å². The van der Waals surface area contributed by atoms with Crippen molar-refractivity contribution in [1.82, 2.24) is 4.98 Å². The van der Waals surface area contributed by atoms with Crippen molar-refractivity contribution in [2.45, 2.75) is 61.3 Å². The fourth-order valence-electron chi connectivity index (χ4n) is 3.19. The van der Waals surface area contributed by atoms with Crippen LogP contribution in [0.2, 0.25) is 0 Å². The van der Waals surface area contributed by atoms with E-state index in [1.807, 2.05) is 45.9 Å². The number of fused-ring (bicyclic) bond motifs is 1. The molecule has 0 saturated heterocycles. The molecule has 34 heavy (non-hydrogen) atoms. The van der Waals surface area contributed by atoms with E-state index in [0.717, 1.165) is 28.6 Å². The molecule has 0 aliphatic rings. The Kier molecular flexibility index (Phi) is 11.2. The van der Waals surface area contributed by atoms with E-state index in [9.17, 15) is 8.78 Å². The second-order valence-corrected chi connectivity index (χ2v) is 9.18. The molecule has 3 rings (SSSR count). The average molecular weight is 462 g/mol. The minimum atomic E-state index is -0.419. The number of halogens is 2. The molecule has 2 radical (unpaired) electrons. The van der Waals surface area contributed by atoms with Crippen LogP contribution in [-0.4, -0.2) is 12.8 Å². The Hall–Kier alpha value is -2.95. The van der Waals surface area contributed by atoms with Crippen LogP contribution in [0.4, 0.5) is 14.6 Å². The summed E-state index contributed by atoms with van der Waals surface area (Å²) in [5.41, 5.74) is 8.92. The number of aryl methyl sites for hydroxylation is 1. The lowest BCUT2D eigenvalue weighted by molar-refractivity contribution is 0.556. The monoisotopic (exact) mass is 462 g/mol. The van der Waals surface area contributed by atoms with Crippen LogP contribution in [0.5, 0.6) is 0 Å². The van der Waals surface area contributed by atoms with Crippen molar-refractivity contribution >= 4 is 36.1 Å². The smallest absolute Gasteiger partial charge is 0.173 e. The van der Waals surface area contributed by atoms with Gasteiger partial charge >= 0.3 is 0 Å². The molecule has 1 aromatic heterocycles. The minimum Gasteiger partial charge on any atom is -0.381 e. The maximum Gasteiger partial charge on any atom is 0.173 e. The van der Waals surface area contributed by atoms with E-state index in [1.165, 1.54) is 12.5 Å². The fraction of sp³-hybridized carbons (Fsp3) is 0.345. The van der Waals surface area contributed by atoms with Crippen LogP contribution in [0.25, 0.3) is 22.4 Å². The summed E-state index contributed by atoms with van der Waals surface area (Å²) in [6.07, 6.45) is 3.78. The Bertz CT molecular complexity index is 1140. The average Bonchev–Trinajstić information content (AvgIpc) is 2.76. The molecule has 1 heterocycles. The van der Waals surface area contributed by atoms with Gasteiger partial charge in [0.05, 0.1) is 5.69 Å². The van der Waals surface area contributed by atoms with Gasteiger partial charge < -0.3 is 5.73 Å². The summed E-state index contributed by atoms with van der Waals surface area (Å²) < 4.78 is 27.5. The van der Waals surface area contributed by atoms with Crippen molar-refractivity contribution in [3.63, 3.8) is 0 Å². The number of hydrogen-bond acceptors (Lipinski definition) is 2. The lowest BCUT2D eigenvalue weighted by Crippen LogP contribution is -2.10. The van der Waals surface area contributed by atoms with E-state index < -0.39 is 5.82 Å².